The van der Waals surface area contributed by atoms with Crippen molar-refractivity contribution in [3.8, 4) is 5.75 Å². The van der Waals surface area contributed by atoms with Crippen LogP contribution in [0.2, 0.25) is 10.0 Å². The number of anilines is 1. The monoisotopic (exact) mass is 383 g/mol. The Morgan fingerprint density at radius 1 is 1.20 bits per heavy atom. The molecule has 0 aliphatic carbocycles. The molecule has 0 aliphatic heterocycles. The summed E-state index contributed by atoms with van der Waals surface area (Å²) in [5.41, 5.74) is 5.09. The van der Waals surface area contributed by atoms with Gasteiger partial charge in [0.15, 0.2) is 6.61 Å². The molecule has 8 nitrogen and oxygen atoms in total. The first-order valence-electron chi connectivity index (χ1n) is 6.74. The van der Waals surface area contributed by atoms with Crippen molar-refractivity contribution in [2.75, 3.05) is 11.9 Å². The van der Waals surface area contributed by atoms with E-state index >= 15 is 0 Å². The smallest absolute Gasteiger partial charge is 0.289 e. The van der Waals surface area contributed by atoms with Gasteiger partial charge >= 0.3 is 0 Å². The van der Waals surface area contributed by atoms with Crippen LogP contribution in [0.3, 0.4) is 0 Å². The predicted octanol–water partition coefficient (Wildman–Crippen LogP) is 3.02. The van der Waals surface area contributed by atoms with Gasteiger partial charge in [0.05, 0.1) is 10.5 Å². The molecule has 130 valence electrons. The van der Waals surface area contributed by atoms with Gasteiger partial charge in [0.1, 0.15) is 10.8 Å². The Labute approximate surface area is 151 Å². The van der Waals surface area contributed by atoms with Crippen molar-refractivity contribution < 1.29 is 19.2 Å². The van der Waals surface area contributed by atoms with Crippen molar-refractivity contribution in [3.05, 3.63) is 62.1 Å². The molecule has 0 heterocycles. The molecule has 25 heavy (non-hydrogen) atoms. The summed E-state index contributed by atoms with van der Waals surface area (Å²) in [5, 5.41) is 13.5. The number of nitro benzene ring substituents is 1. The van der Waals surface area contributed by atoms with E-state index in [9.17, 15) is 19.7 Å². The highest BCUT2D eigenvalue weighted by Crippen LogP contribution is 2.27. The number of ether oxygens (including phenoxy) is 1. The molecule has 0 aromatic heterocycles. The van der Waals surface area contributed by atoms with Gasteiger partial charge in [0, 0.05) is 16.8 Å². The summed E-state index contributed by atoms with van der Waals surface area (Å²) in [6, 6.07) is 8.02. The van der Waals surface area contributed by atoms with Crippen molar-refractivity contribution >= 4 is 46.4 Å². The van der Waals surface area contributed by atoms with Crippen LogP contribution >= 0.6 is 23.2 Å². The number of benzene rings is 2. The maximum absolute atomic E-state index is 11.9. The van der Waals surface area contributed by atoms with E-state index in [1.165, 1.54) is 30.3 Å². The minimum absolute atomic E-state index is 0.0300. The molecule has 2 amide bonds. The zero-order valence-corrected chi connectivity index (χ0v) is 14.0. The summed E-state index contributed by atoms with van der Waals surface area (Å²) in [6.07, 6.45) is 0. The number of primary amides is 1. The summed E-state index contributed by atoms with van der Waals surface area (Å²) in [5.74, 6) is -1.26. The van der Waals surface area contributed by atoms with Crippen LogP contribution in [0.1, 0.15) is 10.4 Å². The number of hydrogen-bond donors (Lipinski definition) is 2. The first-order chi connectivity index (χ1) is 11.8. The molecular formula is C15H11Cl2N3O5. The fourth-order valence-electron chi connectivity index (χ4n) is 1.89. The molecule has 0 saturated heterocycles. The number of nitro groups is 1. The van der Waals surface area contributed by atoms with Crippen LogP contribution < -0.4 is 15.8 Å². The van der Waals surface area contributed by atoms with Crippen molar-refractivity contribution in [1.82, 2.24) is 0 Å². The highest BCUT2D eigenvalue weighted by atomic mass is 35.5. The summed E-state index contributed by atoms with van der Waals surface area (Å²) in [7, 11) is 0. The van der Waals surface area contributed by atoms with Gasteiger partial charge in [-0.2, -0.15) is 0 Å². The maximum Gasteiger partial charge on any atom is 0.289 e. The Bertz CT molecular complexity index is 857. The molecule has 2 aromatic rings. The molecule has 0 saturated carbocycles. The van der Waals surface area contributed by atoms with Crippen molar-refractivity contribution in [3.63, 3.8) is 0 Å². The average molecular weight is 384 g/mol. The van der Waals surface area contributed by atoms with Gasteiger partial charge in [0.25, 0.3) is 17.5 Å². The number of carbonyl (C=O) groups is 2. The number of carbonyl (C=O) groups excluding carboxylic acids is 2. The van der Waals surface area contributed by atoms with Crippen LogP contribution in [0.5, 0.6) is 5.75 Å². The summed E-state index contributed by atoms with van der Waals surface area (Å²) >= 11 is 11.5. The third-order valence-electron chi connectivity index (χ3n) is 2.99. The highest BCUT2D eigenvalue weighted by Gasteiger charge is 2.15. The van der Waals surface area contributed by atoms with E-state index in [4.69, 9.17) is 33.7 Å². The summed E-state index contributed by atoms with van der Waals surface area (Å²) < 4.78 is 5.26. The van der Waals surface area contributed by atoms with Crippen LogP contribution in [0.15, 0.2) is 36.4 Å². The molecule has 0 aliphatic rings. The molecule has 0 bridgehead atoms. The second kappa shape index (κ2) is 7.82. The van der Waals surface area contributed by atoms with Crippen LogP contribution in [0, 0.1) is 10.1 Å². The number of halogens is 2. The lowest BCUT2D eigenvalue weighted by Crippen LogP contribution is -2.21. The molecule has 10 heteroatoms. The average Bonchev–Trinajstić information content (AvgIpc) is 2.55. The van der Waals surface area contributed by atoms with Gasteiger partial charge in [-0.3, -0.25) is 19.7 Å². The summed E-state index contributed by atoms with van der Waals surface area (Å²) in [6.45, 7) is -0.446. The number of hydrogen-bond acceptors (Lipinski definition) is 5. The van der Waals surface area contributed by atoms with Crippen molar-refractivity contribution in [2.45, 2.75) is 0 Å². The molecule has 0 radical (unpaired) electrons. The predicted molar refractivity (Wildman–Crippen MR) is 92.2 cm³/mol. The second-order valence-corrected chi connectivity index (χ2v) is 5.61. The first-order valence-corrected chi connectivity index (χ1v) is 7.49. The van der Waals surface area contributed by atoms with Crippen molar-refractivity contribution in [1.29, 1.82) is 0 Å². The SMILES string of the molecule is NC(=O)c1cc(Cl)ccc1OCC(=O)Nc1ccc(Cl)c([N+](=O)[O-])c1. The lowest BCUT2D eigenvalue weighted by molar-refractivity contribution is -0.384. The topological polar surface area (TPSA) is 125 Å². The lowest BCUT2D eigenvalue weighted by atomic mass is 10.2. The maximum atomic E-state index is 11.9. The molecule has 3 N–H and O–H groups in total. The number of nitrogens with one attached hydrogen (secondary N) is 1. The van der Waals surface area contributed by atoms with E-state index < -0.39 is 23.3 Å². The zero-order valence-electron chi connectivity index (χ0n) is 12.5. The number of rotatable bonds is 6. The molecule has 0 fully saturated rings. The minimum Gasteiger partial charge on any atom is -0.483 e. The zero-order chi connectivity index (χ0) is 18.6. The normalized spacial score (nSPS) is 10.2. The number of nitrogens with zero attached hydrogens (tertiary/aromatic N) is 1. The molecule has 0 spiro atoms. The van der Waals surface area contributed by atoms with E-state index in [1.807, 2.05) is 0 Å². The largest absolute Gasteiger partial charge is 0.483 e. The van der Waals surface area contributed by atoms with E-state index in [0.29, 0.717) is 5.02 Å². The third kappa shape index (κ3) is 4.82. The highest BCUT2D eigenvalue weighted by molar-refractivity contribution is 6.32. The lowest BCUT2D eigenvalue weighted by Gasteiger charge is -2.10. The van der Waals surface area contributed by atoms with Crippen LogP contribution in [0.25, 0.3) is 0 Å². The quantitative estimate of drug-likeness (QED) is 0.585. The van der Waals surface area contributed by atoms with Gasteiger partial charge < -0.3 is 15.8 Å². The van der Waals surface area contributed by atoms with E-state index in [0.717, 1.165) is 6.07 Å². The van der Waals surface area contributed by atoms with Gasteiger partial charge in [-0.15, -0.1) is 0 Å². The first kappa shape index (κ1) is 18.5. The molecule has 2 rings (SSSR count). The van der Waals surface area contributed by atoms with Gasteiger partial charge in [-0.05, 0) is 30.3 Å². The van der Waals surface area contributed by atoms with Crippen molar-refractivity contribution in [2.24, 2.45) is 5.73 Å². The Morgan fingerprint density at radius 3 is 2.56 bits per heavy atom. The standard InChI is InChI=1S/C15H11Cl2N3O5/c16-8-1-4-13(10(5-8)15(18)22)25-7-14(21)19-9-2-3-11(17)12(6-9)20(23)24/h1-6H,7H2,(H2,18,22)(H,19,21). The number of amides is 2. The molecule has 0 unspecified atom stereocenters. The molecule has 2 aromatic carbocycles. The fourth-order valence-corrected chi connectivity index (χ4v) is 2.25. The van der Waals surface area contributed by atoms with E-state index in [-0.39, 0.29) is 27.7 Å². The fraction of sp³-hybridized carbons (Fsp3) is 0.0667. The molecular weight excluding hydrogens is 373 g/mol. The Balaban J connectivity index is 2.06. The van der Waals surface area contributed by atoms with Gasteiger partial charge in [-0.1, -0.05) is 23.2 Å². The molecule has 0 atom stereocenters. The van der Waals surface area contributed by atoms with E-state index in [1.54, 1.807) is 0 Å². The Kier molecular flexibility index (Phi) is 5.79. The Morgan fingerprint density at radius 2 is 1.92 bits per heavy atom. The third-order valence-corrected chi connectivity index (χ3v) is 3.55. The van der Waals surface area contributed by atoms with E-state index in [2.05, 4.69) is 5.32 Å². The summed E-state index contributed by atoms with van der Waals surface area (Å²) in [4.78, 5) is 33.4. The minimum atomic E-state index is -0.758. The second-order valence-electron chi connectivity index (χ2n) is 4.76. The van der Waals surface area contributed by atoms with Crippen LogP contribution in [-0.4, -0.2) is 23.3 Å². The van der Waals surface area contributed by atoms with Gasteiger partial charge in [-0.25, -0.2) is 0 Å². The van der Waals surface area contributed by atoms with Crippen LogP contribution in [0.4, 0.5) is 11.4 Å². The number of nitrogens with two attached hydrogens (primary N) is 1. The van der Waals surface area contributed by atoms with Crippen LogP contribution in [-0.2, 0) is 4.79 Å². The van der Waals surface area contributed by atoms with Gasteiger partial charge in [0.2, 0.25) is 0 Å². The Hall–Kier alpha value is -2.84.